The maximum absolute atomic E-state index is 13.6. The Morgan fingerprint density at radius 1 is 1.00 bits per heavy atom. The number of hydrogen-bond donors (Lipinski definition) is 6. The monoisotopic (exact) mass is 576 g/mol. The molecule has 0 aliphatic carbocycles. The Morgan fingerprint density at radius 2 is 1.56 bits per heavy atom. The van der Waals surface area contributed by atoms with Crippen molar-refractivity contribution in [1.29, 1.82) is 0 Å². The highest BCUT2D eigenvalue weighted by Crippen LogP contribution is 2.26. The molecule has 2 aromatic heterocycles. The molecule has 1 aromatic carbocycles. The molecule has 222 valence electrons. The van der Waals surface area contributed by atoms with Crippen LogP contribution in [-0.2, 0) is 30.5 Å². The first-order chi connectivity index (χ1) is 19.1. The summed E-state index contributed by atoms with van der Waals surface area (Å²) in [6.45, 7) is 8.23. The van der Waals surface area contributed by atoms with Gasteiger partial charge in [0.15, 0.2) is 11.2 Å². The van der Waals surface area contributed by atoms with Crippen LogP contribution in [0, 0.1) is 33.5 Å². The number of nitrogens with one attached hydrogen (secondary N) is 2. The lowest BCUT2D eigenvalue weighted by Gasteiger charge is -2.18. The number of carboxylic acids is 3. The van der Waals surface area contributed by atoms with Crippen molar-refractivity contribution in [3.8, 4) is 0 Å². The van der Waals surface area contributed by atoms with E-state index in [1.165, 1.54) is 19.2 Å². The molecule has 0 saturated carbocycles. The number of methoxy groups -OCH3 is 1. The molecule has 2 heterocycles. The van der Waals surface area contributed by atoms with Crippen molar-refractivity contribution in [3.63, 3.8) is 0 Å². The molecule has 0 aliphatic rings. The van der Waals surface area contributed by atoms with E-state index in [0.29, 0.717) is 12.2 Å². The molecule has 0 saturated heterocycles. The summed E-state index contributed by atoms with van der Waals surface area (Å²) in [6, 6.07) is 4.92. The van der Waals surface area contributed by atoms with Gasteiger partial charge in [0, 0.05) is 25.5 Å². The van der Waals surface area contributed by atoms with Gasteiger partial charge in [-0.1, -0.05) is 0 Å². The lowest BCUT2D eigenvalue weighted by atomic mass is 9.96. The smallest absolute Gasteiger partial charge is 0.336 e. The molecular weight excluding hydrogens is 543 g/mol. The molecule has 13 nitrogen and oxygen atoms in total. The quantitative estimate of drug-likeness (QED) is 0.196. The summed E-state index contributed by atoms with van der Waals surface area (Å²) < 4.78 is 20.4. The number of anilines is 2. The number of hydrogen-bond acceptors (Lipinski definition) is 8. The van der Waals surface area contributed by atoms with E-state index in [2.05, 4.69) is 15.6 Å². The molecule has 1 amide bonds. The number of halogens is 1. The molecule has 0 unspecified atom stereocenters. The van der Waals surface area contributed by atoms with Gasteiger partial charge in [-0.15, -0.1) is 0 Å². The highest BCUT2D eigenvalue weighted by Gasteiger charge is 2.40. The van der Waals surface area contributed by atoms with Gasteiger partial charge in [-0.2, -0.15) is 0 Å². The van der Waals surface area contributed by atoms with Crippen LogP contribution in [0.25, 0.3) is 5.65 Å². The van der Waals surface area contributed by atoms with Crippen LogP contribution < -0.4 is 10.6 Å². The van der Waals surface area contributed by atoms with Crippen molar-refractivity contribution in [2.24, 2.45) is 0 Å². The van der Waals surface area contributed by atoms with Crippen molar-refractivity contribution < 1.29 is 48.7 Å². The molecule has 3 aromatic rings. The van der Waals surface area contributed by atoms with Gasteiger partial charge >= 0.3 is 17.9 Å². The summed E-state index contributed by atoms with van der Waals surface area (Å²) in [5.74, 6) is -5.48. The SMILES string of the molecule is COCC(=O)Nc1cc(NCc2c(C)cc(F)cc2C)c2nc(C)c(C)n2c1.O=C(O)CC(O)(CC(=O)O)C(=O)O. The lowest BCUT2D eigenvalue weighted by Crippen LogP contribution is -2.42. The topological polar surface area (TPSA) is 200 Å². The Balaban J connectivity index is 0.000000383. The van der Waals surface area contributed by atoms with Crippen LogP contribution in [0.5, 0.6) is 0 Å². The zero-order chi connectivity index (χ0) is 31.1. The van der Waals surface area contributed by atoms with E-state index in [9.17, 15) is 23.6 Å². The van der Waals surface area contributed by atoms with Crippen molar-refractivity contribution in [1.82, 2.24) is 9.38 Å². The van der Waals surface area contributed by atoms with E-state index in [1.807, 2.05) is 44.4 Å². The van der Waals surface area contributed by atoms with Crippen LogP contribution in [0.1, 0.15) is 40.9 Å². The number of aliphatic carboxylic acids is 3. The Hall–Kier alpha value is -4.56. The van der Waals surface area contributed by atoms with Gasteiger partial charge in [-0.25, -0.2) is 14.2 Å². The fraction of sp³-hybridized carbons (Fsp3) is 0.370. The molecule has 0 spiro atoms. The molecule has 0 fully saturated rings. The zero-order valence-corrected chi connectivity index (χ0v) is 23.2. The minimum atomic E-state index is -2.74. The van der Waals surface area contributed by atoms with Gasteiger partial charge in [0.1, 0.15) is 12.4 Å². The number of aryl methyl sites for hydroxylation is 4. The van der Waals surface area contributed by atoms with Crippen LogP contribution in [0.4, 0.5) is 15.8 Å². The van der Waals surface area contributed by atoms with E-state index < -0.39 is 36.4 Å². The average molecular weight is 577 g/mol. The highest BCUT2D eigenvalue weighted by atomic mass is 19.1. The standard InChI is InChI=1S/C21H25FN4O2.C6H8O7/c1-12-6-16(22)7-13(2)18(12)9-23-19-8-17(25-20(27)11-28-5)10-26-15(4)14(3)24-21(19)26;7-3(8)1-6(13,5(11)12)2-4(9)10/h6-8,10,23H,9,11H2,1-5H3,(H,25,27);13H,1-2H2,(H,7,8)(H,9,10)(H,11,12). The van der Waals surface area contributed by atoms with E-state index >= 15 is 0 Å². The van der Waals surface area contributed by atoms with Crippen molar-refractivity contribution in [2.75, 3.05) is 24.4 Å². The number of carboxylic acid groups (broad SMARTS) is 3. The first-order valence-electron chi connectivity index (χ1n) is 12.2. The second-order valence-electron chi connectivity index (χ2n) is 9.45. The van der Waals surface area contributed by atoms with Crippen molar-refractivity contribution in [3.05, 3.63) is 58.3 Å². The minimum absolute atomic E-state index is 0.0172. The average Bonchev–Trinajstić information content (AvgIpc) is 3.11. The summed E-state index contributed by atoms with van der Waals surface area (Å²) in [7, 11) is 1.48. The van der Waals surface area contributed by atoms with Crippen LogP contribution in [-0.4, -0.2) is 72.9 Å². The number of carbonyl (C=O) groups is 4. The van der Waals surface area contributed by atoms with Gasteiger partial charge in [0.25, 0.3) is 0 Å². The van der Waals surface area contributed by atoms with Crippen molar-refractivity contribution >= 4 is 40.8 Å². The number of aliphatic hydroxyl groups is 1. The largest absolute Gasteiger partial charge is 0.481 e. The van der Waals surface area contributed by atoms with Gasteiger partial charge in [-0.05, 0) is 62.6 Å². The molecule has 0 radical (unpaired) electrons. The highest BCUT2D eigenvalue weighted by molar-refractivity contribution is 5.93. The predicted octanol–water partition coefficient (Wildman–Crippen LogP) is 2.66. The molecule has 3 rings (SSSR count). The minimum Gasteiger partial charge on any atom is -0.481 e. The van der Waals surface area contributed by atoms with E-state index in [-0.39, 0.29) is 18.3 Å². The number of nitrogens with zero attached hydrogens (tertiary/aromatic N) is 2. The second-order valence-corrected chi connectivity index (χ2v) is 9.45. The normalized spacial score (nSPS) is 11.0. The summed E-state index contributed by atoms with van der Waals surface area (Å²) in [5.41, 5.74) is 4.19. The summed E-state index contributed by atoms with van der Waals surface area (Å²) in [4.78, 5) is 47.1. The summed E-state index contributed by atoms with van der Waals surface area (Å²) in [6.07, 6.45) is -0.443. The Kier molecular flexibility index (Phi) is 10.9. The summed E-state index contributed by atoms with van der Waals surface area (Å²) in [5, 5.41) is 40.1. The molecule has 6 N–H and O–H groups in total. The molecule has 41 heavy (non-hydrogen) atoms. The first-order valence-corrected chi connectivity index (χ1v) is 12.2. The lowest BCUT2D eigenvalue weighted by molar-refractivity contribution is -0.170. The molecule has 0 aliphatic heterocycles. The van der Waals surface area contributed by atoms with E-state index in [4.69, 9.17) is 25.2 Å². The molecule has 14 heteroatoms. The number of fused-ring (bicyclic) bond motifs is 1. The number of benzene rings is 1. The van der Waals surface area contributed by atoms with Gasteiger partial charge < -0.3 is 40.2 Å². The van der Waals surface area contributed by atoms with Crippen molar-refractivity contribution in [2.45, 2.75) is 52.7 Å². The van der Waals surface area contributed by atoms with E-state index in [1.54, 1.807) is 0 Å². The van der Waals surface area contributed by atoms with Crippen LogP contribution >= 0.6 is 0 Å². The zero-order valence-electron chi connectivity index (χ0n) is 23.2. The number of amides is 1. The van der Waals surface area contributed by atoms with Crippen LogP contribution in [0.15, 0.2) is 24.4 Å². The Bertz CT molecular complexity index is 1430. The Labute approximate surface area is 234 Å². The maximum atomic E-state index is 13.6. The first kappa shape index (κ1) is 32.7. The van der Waals surface area contributed by atoms with E-state index in [0.717, 1.165) is 39.4 Å². The predicted molar refractivity (Wildman–Crippen MR) is 145 cm³/mol. The number of carbonyl (C=O) groups excluding carboxylic acids is 1. The van der Waals surface area contributed by atoms with Gasteiger partial charge in [0.2, 0.25) is 5.91 Å². The third kappa shape index (κ3) is 8.71. The third-order valence-electron chi connectivity index (χ3n) is 6.16. The van der Waals surface area contributed by atoms with Crippen LogP contribution in [0.2, 0.25) is 0 Å². The Morgan fingerprint density at radius 3 is 2.05 bits per heavy atom. The molecular formula is C27H33FN4O9. The van der Waals surface area contributed by atoms with Gasteiger partial charge in [-0.3, -0.25) is 14.4 Å². The maximum Gasteiger partial charge on any atom is 0.336 e. The van der Waals surface area contributed by atoms with Crippen LogP contribution in [0.3, 0.4) is 0 Å². The number of ether oxygens (including phenoxy) is 1. The molecule has 0 bridgehead atoms. The second kappa shape index (κ2) is 13.7. The number of aromatic nitrogens is 2. The third-order valence-corrected chi connectivity index (χ3v) is 6.16. The fourth-order valence-corrected chi connectivity index (χ4v) is 4.01. The summed E-state index contributed by atoms with van der Waals surface area (Å²) >= 11 is 0. The number of rotatable bonds is 11. The number of pyridine rings is 1. The number of imidazole rings is 1. The van der Waals surface area contributed by atoms with Gasteiger partial charge in [0.05, 0.1) is 29.9 Å². The fourth-order valence-electron chi connectivity index (χ4n) is 4.01. The molecule has 0 atom stereocenters.